The van der Waals surface area contributed by atoms with Crippen LogP contribution in [0.2, 0.25) is 0 Å². The van der Waals surface area contributed by atoms with Gasteiger partial charge in [-0.15, -0.1) is 0 Å². The van der Waals surface area contributed by atoms with Gasteiger partial charge in [0.05, 0.1) is 4.75 Å². The lowest BCUT2D eigenvalue weighted by atomic mass is 9.94. The molecular formula is C11H19N3O2S. The van der Waals surface area contributed by atoms with E-state index in [-0.39, 0.29) is 16.5 Å². The maximum atomic E-state index is 11.9. The van der Waals surface area contributed by atoms with E-state index in [1.807, 2.05) is 11.2 Å². The van der Waals surface area contributed by atoms with Crippen molar-refractivity contribution in [3.05, 3.63) is 0 Å². The number of carbonyl (C=O) groups is 1. The van der Waals surface area contributed by atoms with Crippen LogP contribution in [0.1, 0.15) is 25.7 Å². The van der Waals surface area contributed by atoms with Gasteiger partial charge >= 0.3 is 0 Å². The third kappa shape index (κ3) is 2.36. The molecule has 17 heavy (non-hydrogen) atoms. The van der Waals surface area contributed by atoms with Gasteiger partial charge in [0, 0.05) is 19.0 Å². The number of thioether (sulfide) groups is 1. The summed E-state index contributed by atoms with van der Waals surface area (Å²) in [6.45, 7) is 1.43. The fourth-order valence-electron chi connectivity index (χ4n) is 2.33. The normalized spacial score (nSPS) is 24.8. The Morgan fingerprint density at radius 1 is 1.47 bits per heavy atom. The third-order valence-electron chi connectivity index (χ3n) is 3.77. The Hall–Kier alpha value is -0.910. The number of hydrogen-bond acceptors (Lipinski definition) is 4. The predicted molar refractivity (Wildman–Crippen MR) is 68.2 cm³/mol. The molecule has 2 aliphatic rings. The van der Waals surface area contributed by atoms with Crippen molar-refractivity contribution < 1.29 is 10.0 Å². The molecule has 1 saturated carbocycles. The molecule has 0 atom stereocenters. The number of likely N-dealkylation sites (tertiary alicyclic amines) is 1. The molecule has 0 bridgehead atoms. The van der Waals surface area contributed by atoms with E-state index in [2.05, 4.69) is 5.16 Å². The van der Waals surface area contributed by atoms with E-state index < -0.39 is 0 Å². The molecule has 96 valence electrons. The molecule has 1 aliphatic carbocycles. The van der Waals surface area contributed by atoms with E-state index in [0.717, 1.165) is 25.7 Å². The molecule has 0 aromatic heterocycles. The smallest absolute Gasteiger partial charge is 0.225 e. The van der Waals surface area contributed by atoms with Crippen LogP contribution in [0.5, 0.6) is 0 Å². The first kappa shape index (κ1) is 12.5. The quantitative estimate of drug-likeness (QED) is 0.340. The van der Waals surface area contributed by atoms with Gasteiger partial charge in [0.1, 0.15) is 0 Å². The Labute approximate surface area is 105 Å². The zero-order valence-corrected chi connectivity index (χ0v) is 10.9. The van der Waals surface area contributed by atoms with Crippen LogP contribution in [0.3, 0.4) is 0 Å². The van der Waals surface area contributed by atoms with Crippen molar-refractivity contribution in [2.24, 2.45) is 16.8 Å². The second-order valence-corrected chi connectivity index (χ2v) is 5.97. The van der Waals surface area contributed by atoms with Crippen molar-refractivity contribution >= 4 is 23.5 Å². The highest BCUT2D eigenvalue weighted by atomic mass is 32.2. The second kappa shape index (κ2) is 4.76. The lowest BCUT2D eigenvalue weighted by molar-refractivity contribution is -0.133. The first-order valence-electron chi connectivity index (χ1n) is 5.95. The largest absolute Gasteiger partial charge is 0.409 e. The van der Waals surface area contributed by atoms with Gasteiger partial charge in [0.2, 0.25) is 5.91 Å². The van der Waals surface area contributed by atoms with E-state index in [4.69, 9.17) is 10.9 Å². The van der Waals surface area contributed by atoms with Crippen LogP contribution in [0.4, 0.5) is 0 Å². The molecule has 1 aliphatic heterocycles. The summed E-state index contributed by atoms with van der Waals surface area (Å²) in [4.78, 5) is 13.8. The lowest BCUT2D eigenvalue weighted by Gasteiger charge is -2.39. The summed E-state index contributed by atoms with van der Waals surface area (Å²) in [5, 5.41) is 12.0. The first-order chi connectivity index (χ1) is 8.13. The summed E-state index contributed by atoms with van der Waals surface area (Å²) in [5.74, 6) is 0.850. The number of nitrogens with zero attached hydrogens (tertiary/aromatic N) is 2. The number of rotatable bonds is 3. The highest BCUT2D eigenvalue weighted by Gasteiger charge is 2.41. The highest BCUT2D eigenvalue weighted by molar-refractivity contribution is 8.00. The van der Waals surface area contributed by atoms with Gasteiger partial charge in [-0.25, -0.2) is 0 Å². The van der Waals surface area contributed by atoms with Crippen LogP contribution in [0.25, 0.3) is 0 Å². The number of piperidine rings is 1. The van der Waals surface area contributed by atoms with E-state index >= 15 is 0 Å². The Balaban J connectivity index is 1.98. The van der Waals surface area contributed by atoms with Gasteiger partial charge in [0.15, 0.2) is 5.84 Å². The summed E-state index contributed by atoms with van der Waals surface area (Å²) in [7, 11) is 0. The lowest BCUT2D eigenvalue weighted by Crippen LogP contribution is -2.51. The van der Waals surface area contributed by atoms with Crippen molar-refractivity contribution in [1.29, 1.82) is 0 Å². The Morgan fingerprint density at radius 2 is 2.06 bits per heavy atom. The summed E-state index contributed by atoms with van der Waals surface area (Å²) in [6.07, 6.45) is 5.59. The SMILES string of the molecule is CSC1(C(N)=NO)CCN(C(=O)C2CC2)CC1. The Kier molecular flexibility index (Phi) is 3.51. The topological polar surface area (TPSA) is 78.9 Å². The molecule has 2 fully saturated rings. The molecule has 1 amide bonds. The maximum absolute atomic E-state index is 11.9. The zero-order chi connectivity index (χ0) is 12.5. The number of hydrogen-bond donors (Lipinski definition) is 2. The molecule has 3 N–H and O–H groups in total. The Morgan fingerprint density at radius 3 is 2.47 bits per heavy atom. The minimum Gasteiger partial charge on any atom is -0.409 e. The van der Waals surface area contributed by atoms with Crippen LogP contribution in [0.15, 0.2) is 5.16 Å². The highest BCUT2D eigenvalue weighted by Crippen LogP contribution is 2.37. The minimum absolute atomic E-state index is 0.278. The summed E-state index contributed by atoms with van der Waals surface area (Å²) < 4.78 is -0.297. The summed E-state index contributed by atoms with van der Waals surface area (Å²) in [6, 6.07) is 0. The molecular weight excluding hydrogens is 238 g/mol. The van der Waals surface area contributed by atoms with E-state index in [0.29, 0.717) is 19.0 Å². The molecule has 1 heterocycles. The molecule has 0 spiro atoms. The number of amidine groups is 1. The average Bonchev–Trinajstić information content (AvgIpc) is 3.21. The van der Waals surface area contributed by atoms with E-state index in [1.165, 1.54) is 0 Å². The molecule has 0 unspecified atom stereocenters. The summed E-state index contributed by atoms with van der Waals surface area (Å²) >= 11 is 1.61. The minimum atomic E-state index is -0.297. The van der Waals surface area contributed by atoms with Gasteiger partial charge in [-0.1, -0.05) is 5.16 Å². The second-order valence-electron chi connectivity index (χ2n) is 4.78. The van der Waals surface area contributed by atoms with Gasteiger partial charge in [-0.3, -0.25) is 4.79 Å². The number of carbonyl (C=O) groups excluding carboxylic acids is 1. The zero-order valence-electron chi connectivity index (χ0n) is 10.1. The molecule has 6 heteroatoms. The average molecular weight is 257 g/mol. The van der Waals surface area contributed by atoms with Crippen LogP contribution in [-0.4, -0.2) is 45.9 Å². The maximum Gasteiger partial charge on any atom is 0.225 e. The molecule has 0 aromatic carbocycles. The van der Waals surface area contributed by atoms with Gasteiger partial charge in [-0.2, -0.15) is 11.8 Å². The number of amides is 1. The van der Waals surface area contributed by atoms with Gasteiger partial charge in [-0.05, 0) is 31.9 Å². The third-order valence-corrected chi connectivity index (χ3v) is 5.17. The fourth-order valence-corrected chi connectivity index (χ4v) is 3.17. The molecule has 5 nitrogen and oxygen atoms in total. The van der Waals surface area contributed by atoms with E-state index in [9.17, 15) is 4.79 Å². The number of nitrogens with two attached hydrogens (primary N) is 1. The fraction of sp³-hybridized carbons (Fsp3) is 0.818. The standard InChI is InChI=1S/C11H19N3O2S/c1-17-11(10(12)13-16)4-6-14(7-5-11)9(15)8-2-3-8/h8,16H,2-7H2,1H3,(H2,12,13). The Bertz CT molecular complexity index is 334. The van der Waals surface area contributed by atoms with Crippen LogP contribution in [-0.2, 0) is 4.79 Å². The predicted octanol–water partition coefficient (Wildman–Crippen LogP) is 0.867. The molecule has 2 rings (SSSR count). The first-order valence-corrected chi connectivity index (χ1v) is 7.17. The summed E-state index contributed by atoms with van der Waals surface area (Å²) in [5.41, 5.74) is 5.76. The van der Waals surface area contributed by atoms with Crippen LogP contribution >= 0.6 is 11.8 Å². The van der Waals surface area contributed by atoms with Crippen molar-refractivity contribution in [2.75, 3.05) is 19.3 Å². The van der Waals surface area contributed by atoms with Crippen molar-refractivity contribution in [1.82, 2.24) is 4.90 Å². The van der Waals surface area contributed by atoms with Crippen molar-refractivity contribution in [2.45, 2.75) is 30.4 Å². The van der Waals surface area contributed by atoms with Crippen LogP contribution in [0, 0.1) is 5.92 Å². The van der Waals surface area contributed by atoms with Gasteiger partial charge < -0.3 is 15.8 Å². The molecule has 0 radical (unpaired) electrons. The van der Waals surface area contributed by atoms with Gasteiger partial charge in [0.25, 0.3) is 0 Å². The molecule has 0 aromatic rings. The van der Waals surface area contributed by atoms with Crippen molar-refractivity contribution in [3.8, 4) is 0 Å². The van der Waals surface area contributed by atoms with Crippen molar-refractivity contribution in [3.63, 3.8) is 0 Å². The van der Waals surface area contributed by atoms with Crippen LogP contribution < -0.4 is 5.73 Å². The monoisotopic (exact) mass is 257 g/mol. The molecule has 1 saturated heterocycles. The number of oxime groups is 1. The van der Waals surface area contributed by atoms with E-state index in [1.54, 1.807) is 11.8 Å².